The standard InChI is InChI=1S/C19H18N2OS/c1-14-4-2-3-5-15(12-14)13-21-19(22)18-7-6-17(23-18)16-8-10-20-11-9-16/h2,4-12H,3,13H2,1H3,(H,21,22). The van der Waals surface area contributed by atoms with Crippen LogP contribution >= 0.6 is 11.3 Å². The third kappa shape index (κ3) is 4.05. The number of pyridine rings is 1. The summed E-state index contributed by atoms with van der Waals surface area (Å²) in [6.45, 7) is 2.62. The molecule has 3 nitrogen and oxygen atoms in total. The largest absolute Gasteiger partial charge is 0.347 e. The van der Waals surface area contributed by atoms with Crippen molar-refractivity contribution in [2.24, 2.45) is 0 Å². The summed E-state index contributed by atoms with van der Waals surface area (Å²) in [4.78, 5) is 18.1. The zero-order valence-corrected chi connectivity index (χ0v) is 13.8. The van der Waals surface area contributed by atoms with Crippen molar-refractivity contribution in [1.29, 1.82) is 0 Å². The maximum Gasteiger partial charge on any atom is 0.261 e. The van der Waals surface area contributed by atoms with Gasteiger partial charge in [0.25, 0.3) is 5.91 Å². The van der Waals surface area contributed by atoms with Gasteiger partial charge in [-0.2, -0.15) is 0 Å². The van der Waals surface area contributed by atoms with Crippen LogP contribution in [0.25, 0.3) is 10.4 Å². The fourth-order valence-electron chi connectivity index (χ4n) is 2.40. The van der Waals surface area contributed by atoms with Crippen molar-refractivity contribution in [3.63, 3.8) is 0 Å². The first kappa shape index (κ1) is 15.4. The predicted octanol–water partition coefficient (Wildman–Crippen LogP) is 4.37. The Hall–Kier alpha value is -2.46. The Morgan fingerprint density at radius 3 is 2.91 bits per heavy atom. The topological polar surface area (TPSA) is 42.0 Å². The van der Waals surface area contributed by atoms with E-state index in [4.69, 9.17) is 0 Å². The second kappa shape index (κ2) is 7.20. The zero-order valence-electron chi connectivity index (χ0n) is 13.0. The molecule has 0 aliphatic heterocycles. The lowest BCUT2D eigenvalue weighted by Gasteiger charge is -2.05. The molecule has 1 aliphatic rings. The molecule has 116 valence electrons. The summed E-state index contributed by atoms with van der Waals surface area (Å²) in [6.07, 6.45) is 12.9. The molecule has 0 unspecified atom stereocenters. The normalized spacial score (nSPS) is 14.0. The molecular formula is C19H18N2OS. The molecule has 0 bridgehead atoms. The molecular weight excluding hydrogens is 304 g/mol. The number of nitrogens with one attached hydrogen (secondary N) is 1. The van der Waals surface area contributed by atoms with E-state index in [-0.39, 0.29) is 5.91 Å². The maximum absolute atomic E-state index is 12.3. The van der Waals surface area contributed by atoms with Crippen LogP contribution in [0.1, 0.15) is 23.0 Å². The van der Waals surface area contributed by atoms with Gasteiger partial charge in [-0.25, -0.2) is 0 Å². The van der Waals surface area contributed by atoms with Crippen LogP contribution in [-0.2, 0) is 0 Å². The molecule has 0 saturated heterocycles. The van der Waals surface area contributed by atoms with Crippen molar-refractivity contribution in [3.8, 4) is 10.4 Å². The molecule has 0 radical (unpaired) electrons. The monoisotopic (exact) mass is 322 g/mol. The summed E-state index contributed by atoms with van der Waals surface area (Å²) < 4.78 is 0. The van der Waals surface area contributed by atoms with Gasteiger partial charge in [0.05, 0.1) is 4.88 Å². The SMILES string of the molecule is CC1=CC(CNC(=O)c2ccc(-c3ccncc3)s2)=CCC=C1. The van der Waals surface area contributed by atoms with Crippen LogP contribution in [0.5, 0.6) is 0 Å². The molecule has 2 aromatic heterocycles. The molecule has 0 atom stereocenters. The Bertz CT molecular complexity index is 785. The van der Waals surface area contributed by atoms with Gasteiger partial charge in [0.15, 0.2) is 0 Å². The summed E-state index contributed by atoms with van der Waals surface area (Å²) >= 11 is 1.50. The van der Waals surface area contributed by atoms with E-state index in [1.54, 1.807) is 12.4 Å². The number of hydrogen-bond acceptors (Lipinski definition) is 3. The molecule has 23 heavy (non-hydrogen) atoms. The van der Waals surface area contributed by atoms with E-state index in [0.717, 1.165) is 27.3 Å². The Kier molecular flexibility index (Phi) is 4.83. The van der Waals surface area contributed by atoms with Gasteiger partial charge in [0.1, 0.15) is 0 Å². The van der Waals surface area contributed by atoms with E-state index in [0.29, 0.717) is 6.54 Å². The summed E-state index contributed by atoms with van der Waals surface area (Å²) in [5.74, 6) is -0.0283. The number of aromatic nitrogens is 1. The maximum atomic E-state index is 12.3. The van der Waals surface area contributed by atoms with Gasteiger partial charge in [0.2, 0.25) is 0 Å². The Morgan fingerprint density at radius 1 is 1.26 bits per heavy atom. The van der Waals surface area contributed by atoms with Crippen molar-refractivity contribution in [2.45, 2.75) is 13.3 Å². The van der Waals surface area contributed by atoms with Gasteiger partial charge in [-0.1, -0.05) is 29.9 Å². The molecule has 0 saturated carbocycles. The molecule has 1 N–H and O–H groups in total. The highest BCUT2D eigenvalue weighted by Crippen LogP contribution is 2.27. The van der Waals surface area contributed by atoms with Gasteiger partial charge >= 0.3 is 0 Å². The van der Waals surface area contributed by atoms with E-state index in [1.807, 2.05) is 24.3 Å². The minimum atomic E-state index is -0.0283. The highest BCUT2D eigenvalue weighted by molar-refractivity contribution is 7.17. The Labute approximate surface area is 140 Å². The highest BCUT2D eigenvalue weighted by atomic mass is 32.1. The molecule has 3 rings (SSSR count). The van der Waals surface area contributed by atoms with Gasteiger partial charge in [-0.15, -0.1) is 11.3 Å². The number of amides is 1. The van der Waals surface area contributed by atoms with E-state index >= 15 is 0 Å². The minimum absolute atomic E-state index is 0.0283. The lowest BCUT2D eigenvalue weighted by molar-refractivity contribution is 0.0961. The number of allylic oxidation sites excluding steroid dienone is 4. The van der Waals surface area contributed by atoms with E-state index in [1.165, 1.54) is 16.9 Å². The van der Waals surface area contributed by atoms with Crippen LogP contribution in [0, 0.1) is 0 Å². The lowest BCUT2D eigenvalue weighted by Crippen LogP contribution is -2.24. The third-order valence-electron chi connectivity index (χ3n) is 3.56. The van der Waals surface area contributed by atoms with E-state index in [9.17, 15) is 4.79 Å². The van der Waals surface area contributed by atoms with Crippen LogP contribution in [-0.4, -0.2) is 17.4 Å². The van der Waals surface area contributed by atoms with Crippen LogP contribution in [0.15, 0.2) is 72.1 Å². The minimum Gasteiger partial charge on any atom is -0.347 e. The number of hydrogen-bond donors (Lipinski definition) is 1. The first-order valence-corrected chi connectivity index (χ1v) is 8.36. The number of nitrogens with zero attached hydrogens (tertiary/aromatic N) is 1. The fraction of sp³-hybridized carbons (Fsp3) is 0.158. The van der Waals surface area contributed by atoms with Crippen molar-refractivity contribution in [3.05, 3.63) is 77.0 Å². The summed E-state index contributed by atoms with van der Waals surface area (Å²) in [5.41, 5.74) is 3.44. The zero-order chi connectivity index (χ0) is 16.1. The Morgan fingerprint density at radius 2 is 2.09 bits per heavy atom. The first-order valence-electron chi connectivity index (χ1n) is 7.55. The molecule has 0 fully saturated rings. The number of rotatable bonds is 4. The first-order chi connectivity index (χ1) is 11.2. The molecule has 1 amide bonds. The van der Waals surface area contributed by atoms with Crippen LogP contribution < -0.4 is 5.32 Å². The summed E-state index contributed by atoms with van der Waals surface area (Å²) in [5, 5.41) is 3.00. The Balaban J connectivity index is 1.64. The van der Waals surface area contributed by atoms with Crippen LogP contribution in [0.4, 0.5) is 0 Å². The van der Waals surface area contributed by atoms with E-state index in [2.05, 4.69) is 41.5 Å². The van der Waals surface area contributed by atoms with Crippen LogP contribution in [0.3, 0.4) is 0 Å². The second-order valence-electron chi connectivity index (χ2n) is 5.39. The molecule has 2 heterocycles. The summed E-state index contributed by atoms with van der Waals surface area (Å²) in [6, 6.07) is 7.75. The van der Waals surface area contributed by atoms with Crippen molar-refractivity contribution in [1.82, 2.24) is 10.3 Å². The smallest absolute Gasteiger partial charge is 0.261 e. The van der Waals surface area contributed by atoms with Crippen molar-refractivity contribution >= 4 is 17.2 Å². The lowest BCUT2D eigenvalue weighted by atomic mass is 10.2. The molecule has 0 spiro atoms. The van der Waals surface area contributed by atoms with Gasteiger partial charge < -0.3 is 5.32 Å². The molecule has 4 heteroatoms. The quantitative estimate of drug-likeness (QED) is 0.908. The number of thiophene rings is 1. The molecule has 2 aromatic rings. The number of carbonyl (C=O) groups excluding carboxylic acids is 1. The summed E-state index contributed by atoms with van der Waals surface area (Å²) in [7, 11) is 0. The van der Waals surface area contributed by atoms with Gasteiger partial charge in [0, 0.05) is 23.8 Å². The molecule has 1 aliphatic carbocycles. The average Bonchev–Trinajstić information content (AvgIpc) is 2.98. The predicted molar refractivity (Wildman–Crippen MR) is 95.5 cm³/mol. The van der Waals surface area contributed by atoms with Gasteiger partial charge in [-0.05, 0) is 48.7 Å². The average molecular weight is 322 g/mol. The third-order valence-corrected chi connectivity index (χ3v) is 4.69. The van der Waals surface area contributed by atoms with Crippen molar-refractivity contribution < 1.29 is 4.79 Å². The van der Waals surface area contributed by atoms with Crippen LogP contribution in [0.2, 0.25) is 0 Å². The second-order valence-corrected chi connectivity index (χ2v) is 6.47. The van der Waals surface area contributed by atoms with Gasteiger partial charge in [-0.3, -0.25) is 9.78 Å². The van der Waals surface area contributed by atoms with E-state index < -0.39 is 0 Å². The highest BCUT2D eigenvalue weighted by Gasteiger charge is 2.10. The fourth-order valence-corrected chi connectivity index (χ4v) is 3.32. The van der Waals surface area contributed by atoms with Crippen molar-refractivity contribution in [2.75, 3.05) is 6.54 Å². The number of carbonyl (C=O) groups is 1. The molecule has 0 aromatic carbocycles.